The fraction of sp³-hybridized carbons (Fsp3) is 0.111. The molecule has 4 rings (SSSR count). The first-order chi connectivity index (χ1) is 16.1. The van der Waals surface area contributed by atoms with Gasteiger partial charge in [-0.25, -0.2) is 4.79 Å². The highest BCUT2D eigenvalue weighted by atomic mass is 16.5. The lowest BCUT2D eigenvalue weighted by molar-refractivity contribution is -0.125. The highest BCUT2D eigenvalue weighted by Gasteiger charge is 2.27. The van der Waals surface area contributed by atoms with Crippen LogP contribution < -0.4 is 10.1 Å². The topological polar surface area (TPSA) is 84.9 Å². The van der Waals surface area contributed by atoms with Gasteiger partial charge >= 0.3 is 5.97 Å². The monoisotopic (exact) mass is 441 g/mol. The summed E-state index contributed by atoms with van der Waals surface area (Å²) in [7, 11) is 0. The Bertz CT molecular complexity index is 1290. The van der Waals surface area contributed by atoms with E-state index in [2.05, 4.69) is 5.32 Å². The maximum Gasteiger partial charge on any atom is 0.343 e. The number of hydrogen-bond acceptors (Lipinski definition) is 5. The number of amides is 1. The minimum absolute atomic E-state index is 0.0165. The minimum Gasteiger partial charge on any atom is -0.507 e. The predicted octanol–water partition coefficient (Wildman–Crippen LogP) is 5.48. The molecule has 0 radical (unpaired) electrons. The first kappa shape index (κ1) is 21.9. The molecule has 0 bridgehead atoms. The Balaban J connectivity index is 1.64. The minimum atomic E-state index is -1.24. The zero-order valence-corrected chi connectivity index (χ0v) is 18.0. The number of aromatic hydroxyl groups is 1. The molecule has 0 unspecified atom stereocenters. The number of esters is 1. The molecular weight excluding hydrogens is 418 g/mol. The molecule has 0 aliphatic rings. The molecule has 6 nitrogen and oxygen atoms in total. The van der Waals surface area contributed by atoms with Crippen molar-refractivity contribution in [3.05, 3.63) is 102 Å². The molecule has 1 atom stereocenters. The van der Waals surface area contributed by atoms with Gasteiger partial charge in [-0.05, 0) is 42.0 Å². The zero-order valence-electron chi connectivity index (χ0n) is 18.0. The number of carbonyl (C=O) groups excluding carboxylic acids is 2. The predicted molar refractivity (Wildman–Crippen MR) is 126 cm³/mol. The van der Waals surface area contributed by atoms with E-state index >= 15 is 0 Å². The molecular formula is C27H23NO5. The lowest BCUT2D eigenvalue weighted by Gasteiger charge is -2.19. The van der Waals surface area contributed by atoms with Crippen molar-refractivity contribution in [2.45, 2.75) is 13.0 Å². The maximum absolute atomic E-state index is 13.2. The summed E-state index contributed by atoms with van der Waals surface area (Å²) in [5.41, 5.74) is 0.949. The van der Waals surface area contributed by atoms with Crippen LogP contribution in [-0.2, 0) is 9.53 Å². The molecule has 0 saturated carbocycles. The number of phenolic OH excluding ortho intramolecular Hbond substituents is 1. The van der Waals surface area contributed by atoms with Gasteiger partial charge in [-0.2, -0.15) is 0 Å². The van der Waals surface area contributed by atoms with Crippen molar-refractivity contribution in [3.8, 4) is 11.5 Å². The largest absolute Gasteiger partial charge is 0.507 e. The third-order valence-corrected chi connectivity index (χ3v) is 5.09. The Morgan fingerprint density at radius 2 is 1.52 bits per heavy atom. The normalized spacial score (nSPS) is 11.5. The van der Waals surface area contributed by atoms with Crippen molar-refractivity contribution in [3.63, 3.8) is 0 Å². The molecule has 0 fully saturated rings. The number of ether oxygens (including phenoxy) is 2. The fourth-order valence-corrected chi connectivity index (χ4v) is 3.51. The van der Waals surface area contributed by atoms with Crippen LogP contribution in [0.15, 0.2) is 91.0 Å². The number of para-hydroxylation sites is 2. The van der Waals surface area contributed by atoms with E-state index in [9.17, 15) is 14.7 Å². The van der Waals surface area contributed by atoms with Crippen LogP contribution in [-0.4, -0.2) is 23.6 Å². The Kier molecular flexibility index (Phi) is 6.55. The van der Waals surface area contributed by atoms with E-state index in [-0.39, 0.29) is 11.3 Å². The van der Waals surface area contributed by atoms with Gasteiger partial charge < -0.3 is 19.9 Å². The SMILES string of the molecule is CCOc1ccccc1NC(=O)[C@@H](OC(=O)c1cc2ccccc2cc1O)c1ccccc1. The highest BCUT2D eigenvalue weighted by Crippen LogP contribution is 2.30. The average molecular weight is 441 g/mol. The second kappa shape index (κ2) is 9.87. The summed E-state index contributed by atoms with van der Waals surface area (Å²) in [6.45, 7) is 2.29. The number of carbonyl (C=O) groups is 2. The van der Waals surface area contributed by atoms with Crippen LogP contribution in [0.25, 0.3) is 10.8 Å². The average Bonchev–Trinajstić information content (AvgIpc) is 2.83. The third-order valence-electron chi connectivity index (χ3n) is 5.09. The van der Waals surface area contributed by atoms with Gasteiger partial charge in [0.2, 0.25) is 6.10 Å². The van der Waals surface area contributed by atoms with Gasteiger partial charge in [0.05, 0.1) is 12.3 Å². The van der Waals surface area contributed by atoms with E-state index in [1.54, 1.807) is 60.7 Å². The van der Waals surface area contributed by atoms with E-state index in [0.717, 1.165) is 10.8 Å². The standard InChI is InChI=1S/C27H23NO5/c1-2-32-24-15-9-8-14-22(24)28-26(30)25(18-10-4-3-5-11-18)33-27(31)21-16-19-12-6-7-13-20(19)17-23(21)29/h3-17,25,29H,2H2,1H3,(H,28,30)/t25-/m0/s1. The van der Waals surface area contributed by atoms with Gasteiger partial charge in [0, 0.05) is 5.56 Å². The van der Waals surface area contributed by atoms with Gasteiger partial charge in [0.25, 0.3) is 5.91 Å². The zero-order chi connectivity index (χ0) is 23.2. The molecule has 1 amide bonds. The number of nitrogens with one attached hydrogen (secondary N) is 1. The number of fused-ring (bicyclic) bond motifs is 1. The molecule has 2 N–H and O–H groups in total. The lowest BCUT2D eigenvalue weighted by atomic mass is 10.1. The van der Waals surface area contributed by atoms with Gasteiger partial charge in [0.15, 0.2) is 0 Å². The smallest absolute Gasteiger partial charge is 0.343 e. The number of rotatable bonds is 7. The molecule has 0 aliphatic carbocycles. The number of anilines is 1. The van der Waals surface area contributed by atoms with Crippen LogP contribution in [0.1, 0.15) is 28.9 Å². The van der Waals surface area contributed by atoms with E-state index < -0.39 is 18.0 Å². The lowest BCUT2D eigenvalue weighted by Crippen LogP contribution is -2.26. The quantitative estimate of drug-likeness (QED) is 0.371. The maximum atomic E-state index is 13.2. The molecule has 0 aliphatic heterocycles. The van der Waals surface area contributed by atoms with Crippen molar-refractivity contribution in [2.75, 3.05) is 11.9 Å². The number of phenols is 1. The summed E-state index contributed by atoms with van der Waals surface area (Å²) in [5, 5.41) is 14.8. The van der Waals surface area contributed by atoms with Crippen LogP contribution in [0.4, 0.5) is 5.69 Å². The number of hydrogen-bond donors (Lipinski definition) is 2. The van der Waals surface area contributed by atoms with Crippen LogP contribution in [0, 0.1) is 0 Å². The van der Waals surface area contributed by atoms with Gasteiger partial charge in [-0.15, -0.1) is 0 Å². The van der Waals surface area contributed by atoms with Gasteiger partial charge in [0.1, 0.15) is 17.1 Å². The summed E-state index contributed by atoms with van der Waals surface area (Å²) in [5.74, 6) is -1.05. The first-order valence-electron chi connectivity index (χ1n) is 10.6. The second-order valence-corrected chi connectivity index (χ2v) is 7.33. The first-order valence-corrected chi connectivity index (χ1v) is 10.6. The summed E-state index contributed by atoms with van der Waals surface area (Å²) in [6, 6.07) is 26.1. The Labute approximate surface area is 191 Å². The van der Waals surface area contributed by atoms with Crippen molar-refractivity contribution in [2.24, 2.45) is 0 Å². The van der Waals surface area contributed by atoms with E-state index in [0.29, 0.717) is 23.6 Å². The Morgan fingerprint density at radius 1 is 0.879 bits per heavy atom. The van der Waals surface area contributed by atoms with Crippen LogP contribution in [0.2, 0.25) is 0 Å². The molecule has 33 heavy (non-hydrogen) atoms. The summed E-state index contributed by atoms with van der Waals surface area (Å²) < 4.78 is 11.2. The summed E-state index contributed by atoms with van der Waals surface area (Å²) >= 11 is 0. The summed E-state index contributed by atoms with van der Waals surface area (Å²) in [4.78, 5) is 26.3. The van der Waals surface area contributed by atoms with E-state index in [1.807, 2.05) is 31.2 Å². The van der Waals surface area contributed by atoms with Crippen LogP contribution in [0.3, 0.4) is 0 Å². The molecule has 4 aromatic rings. The van der Waals surface area contributed by atoms with Crippen molar-refractivity contribution >= 4 is 28.3 Å². The molecule has 4 aromatic carbocycles. The molecule has 166 valence electrons. The number of benzene rings is 4. The van der Waals surface area contributed by atoms with Crippen molar-refractivity contribution in [1.29, 1.82) is 0 Å². The molecule has 0 aromatic heterocycles. The van der Waals surface area contributed by atoms with E-state index in [4.69, 9.17) is 9.47 Å². The second-order valence-electron chi connectivity index (χ2n) is 7.33. The Hall–Kier alpha value is -4.32. The molecule has 0 spiro atoms. The van der Waals surface area contributed by atoms with Crippen LogP contribution >= 0.6 is 0 Å². The Morgan fingerprint density at radius 3 is 2.24 bits per heavy atom. The summed E-state index contributed by atoms with van der Waals surface area (Å²) in [6.07, 6.45) is -1.24. The van der Waals surface area contributed by atoms with Crippen LogP contribution in [0.5, 0.6) is 11.5 Å². The van der Waals surface area contributed by atoms with E-state index in [1.165, 1.54) is 6.07 Å². The molecule has 0 heterocycles. The van der Waals surface area contributed by atoms with Crippen molar-refractivity contribution in [1.82, 2.24) is 0 Å². The molecule has 6 heteroatoms. The fourth-order valence-electron chi connectivity index (χ4n) is 3.51. The highest BCUT2D eigenvalue weighted by molar-refractivity contribution is 6.02. The third kappa shape index (κ3) is 4.96. The van der Waals surface area contributed by atoms with Gasteiger partial charge in [-0.3, -0.25) is 4.79 Å². The van der Waals surface area contributed by atoms with Gasteiger partial charge in [-0.1, -0.05) is 66.7 Å². The van der Waals surface area contributed by atoms with Crippen molar-refractivity contribution < 1.29 is 24.2 Å². The molecule has 0 saturated heterocycles.